The highest BCUT2D eigenvalue weighted by atomic mass is 16.5. The van der Waals surface area contributed by atoms with E-state index in [2.05, 4.69) is 39.0 Å². The minimum Gasteiger partial charge on any atom is -0.465 e. The highest BCUT2D eigenvalue weighted by Gasteiger charge is 2.28. The number of anilines is 1. The summed E-state index contributed by atoms with van der Waals surface area (Å²) < 4.78 is 9.47. The molecule has 0 saturated carbocycles. The third kappa shape index (κ3) is 2.46. The Kier molecular flexibility index (Phi) is 3.87. The van der Waals surface area contributed by atoms with Crippen LogP contribution in [0.15, 0.2) is 30.6 Å². The summed E-state index contributed by atoms with van der Waals surface area (Å²) in [7, 11) is 1.40. The summed E-state index contributed by atoms with van der Waals surface area (Å²) in [6.45, 7) is 5.20. The van der Waals surface area contributed by atoms with Gasteiger partial charge in [-0.3, -0.25) is 0 Å². The molecular weight excluding hydrogens is 366 g/mol. The van der Waals surface area contributed by atoms with E-state index in [0.29, 0.717) is 11.4 Å². The molecule has 1 aliphatic rings. The summed E-state index contributed by atoms with van der Waals surface area (Å²) in [5, 5.41) is 2.00. The fraction of sp³-hybridized carbons (Fsp3) is 0.318. The molecule has 0 bridgehead atoms. The molecule has 0 amide bonds. The first kappa shape index (κ1) is 17.7. The van der Waals surface area contributed by atoms with Crippen molar-refractivity contribution in [1.29, 1.82) is 0 Å². The van der Waals surface area contributed by atoms with E-state index < -0.39 is 0 Å². The highest BCUT2D eigenvalue weighted by molar-refractivity contribution is 6.05. The summed E-state index contributed by atoms with van der Waals surface area (Å²) in [6, 6.07) is 8.14. The molecule has 148 valence electrons. The molecule has 0 atom stereocenters. The maximum absolute atomic E-state index is 12.0. The van der Waals surface area contributed by atoms with Crippen LogP contribution in [0.25, 0.3) is 33.2 Å². The number of ether oxygens (including phenoxy) is 1. The molecule has 0 fully saturated rings. The van der Waals surface area contributed by atoms with E-state index >= 15 is 0 Å². The number of methoxy groups -OCH3 is 1. The molecule has 0 saturated heterocycles. The van der Waals surface area contributed by atoms with Crippen molar-refractivity contribution < 1.29 is 9.53 Å². The van der Waals surface area contributed by atoms with Gasteiger partial charge in [-0.15, -0.1) is 0 Å². The predicted molar refractivity (Wildman–Crippen MR) is 113 cm³/mol. The number of carbonyl (C=O) groups is 1. The van der Waals surface area contributed by atoms with Crippen LogP contribution < -0.4 is 5.73 Å². The molecular formula is C22H23N5O2. The Morgan fingerprint density at radius 1 is 1.24 bits per heavy atom. The van der Waals surface area contributed by atoms with Gasteiger partial charge in [-0.2, -0.15) is 0 Å². The zero-order valence-electron chi connectivity index (χ0n) is 16.8. The fourth-order valence-corrected chi connectivity index (χ4v) is 4.63. The second-order valence-electron chi connectivity index (χ2n) is 7.79. The molecule has 0 unspecified atom stereocenters. The average molecular weight is 389 g/mol. The Balaban J connectivity index is 1.87. The highest BCUT2D eigenvalue weighted by Crippen LogP contribution is 2.42. The van der Waals surface area contributed by atoms with E-state index in [4.69, 9.17) is 10.5 Å². The van der Waals surface area contributed by atoms with Crippen LogP contribution in [0.2, 0.25) is 0 Å². The first-order valence-corrected chi connectivity index (χ1v) is 9.86. The lowest BCUT2D eigenvalue weighted by molar-refractivity contribution is 0.0601. The molecule has 0 aliphatic carbocycles. The van der Waals surface area contributed by atoms with Gasteiger partial charge in [0, 0.05) is 34.7 Å². The van der Waals surface area contributed by atoms with Crippen molar-refractivity contribution in [3.05, 3.63) is 41.9 Å². The average Bonchev–Trinajstić information content (AvgIpc) is 3.17. The number of nitrogens with two attached hydrogens (primary N) is 1. The second kappa shape index (κ2) is 6.34. The van der Waals surface area contributed by atoms with Gasteiger partial charge in [0.2, 0.25) is 0 Å². The van der Waals surface area contributed by atoms with E-state index in [1.807, 2.05) is 18.2 Å². The molecule has 2 N–H and O–H groups in total. The Hall–Kier alpha value is -3.35. The lowest BCUT2D eigenvalue weighted by Gasteiger charge is -2.13. The van der Waals surface area contributed by atoms with E-state index in [-0.39, 0.29) is 12.0 Å². The number of hydrogen-bond donors (Lipinski definition) is 1. The second-order valence-corrected chi connectivity index (χ2v) is 7.79. The Morgan fingerprint density at radius 2 is 2.07 bits per heavy atom. The molecule has 5 rings (SSSR count). The van der Waals surface area contributed by atoms with Gasteiger partial charge in [-0.25, -0.2) is 14.8 Å². The standard InChI is InChI=1S/C22H23N5O2/c1-12(2)27-15-5-4-8-26-16-10-14(22(28)29-3)7-6-13(16)9-17(26)18(15)19-20(23)24-11-25-21(19)27/h6-7,9-12H,4-5,8H2,1-3H3,(H2,23,24,25). The smallest absolute Gasteiger partial charge is 0.337 e. The molecule has 4 aromatic rings. The Labute approximate surface area is 168 Å². The molecule has 0 spiro atoms. The summed E-state index contributed by atoms with van der Waals surface area (Å²) >= 11 is 0. The van der Waals surface area contributed by atoms with Gasteiger partial charge in [0.1, 0.15) is 17.8 Å². The quantitative estimate of drug-likeness (QED) is 0.525. The third-order valence-electron chi connectivity index (χ3n) is 5.81. The minimum absolute atomic E-state index is 0.261. The lowest BCUT2D eigenvalue weighted by Crippen LogP contribution is -2.07. The van der Waals surface area contributed by atoms with Crippen molar-refractivity contribution in [1.82, 2.24) is 19.1 Å². The molecule has 1 aromatic carbocycles. The Morgan fingerprint density at radius 3 is 2.83 bits per heavy atom. The monoisotopic (exact) mass is 389 g/mol. The van der Waals surface area contributed by atoms with Gasteiger partial charge in [0.25, 0.3) is 0 Å². The summed E-state index contributed by atoms with van der Waals surface area (Å²) in [5.74, 6) is 0.172. The molecule has 29 heavy (non-hydrogen) atoms. The molecule has 3 aromatic heterocycles. The number of aromatic nitrogens is 4. The number of carbonyl (C=O) groups excluding carboxylic acids is 1. The van der Waals surface area contributed by atoms with Gasteiger partial charge < -0.3 is 19.6 Å². The molecule has 7 nitrogen and oxygen atoms in total. The number of nitrogens with zero attached hydrogens (tertiary/aromatic N) is 4. The van der Waals surface area contributed by atoms with Crippen molar-refractivity contribution in [2.45, 2.75) is 39.3 Å². The van der Waals surface area contributed by atoms with Crippen LogP contribution in [0.3, 0.4) is 0 Å². The van der Waals surface area contributed by atoms with Gasteiger partial charge in [0.05, 0.1) is 23.8 Å². The first-order chi connectivity index (χ1) is 14.0. The van der Waals surface area contributed by atoms with Crippen molar-refractivity contribution in [2.24, 2.45) is 0 Å². The number of nitrogen functional groups attached to an aromatic ring is 1. The van der Waals surface area contributed by atoms with Gasteiger partial charge in [0.15, 0.2) is 0 Å². The van der Waals surface area contributed by atoms with Crippen LogP contribution in [0.1, 0.15) is 42.4 Å². The minimum atomic E-state index is -0.328. The maximum Gasteiger partial charge on any atom is 0.337 e. The van der Waals surface area contributed by atoms with Crippen molar-refractivity contribution in [3.63, 3.8) is 0 Å². The SMILES string of the molecule is COC(=O)c1ccc2cc3n(c2c1)CCCc1c-3c2c(N)ncnc2n1C(C)C. The van der Waals surface area contributed by atoms with Crippen LogP contribution in [-0.2, 0) is 17.7 Å². The van der Waals surface area contributed by atoms with Crippen LogP contribution in [-0.4, -0.2) is 32.2 Å². The molecule has 4 heterocycles. The Bertz CT molecular complexity index is 1280. The molecule has 7 heteroatoms. The topological polar surface area (TPSA) is 88.0 Å². The summed E-state index contributed by atoms with van der Waals surface area (Å²) in [5.41, 5.74) is 12.3. The van der Waals surface area contributed by atoms with E-state index in [9.17, 15) is 4.79 Å². The zero-order chi connectivity index (χ0) is 20.3. The van der Waals surface area contributed by atoms with E-state index in [1.165, 1.54) is 19.1 Å². The number of fused-ring (bicyclic) bond motifs is 7. The predicted octanol–water partition coefficient (Wildman–Crippen LogP) is 3.95. The van der Waals surface area contributed by atoms with Crippen molar-refractivity contribution >= 4 is 33.7 Å². The summed E-state index contributed by atoms with van der Waals surface area (Å²) in [4.78, 5) is 20.9. The van der Waals surface area contributed by atoms with Crippen molar-refractivity contribution in [2.75, 3.05) is 12.8 Å². The number of esters is 1. The van der Waals surface area contributed by atoms with Gasteiger partial charge in [-0.1, -0.05) is 6.07 Å². The number of aryl methyl sites for hydroxylation is 1. The lowest BCUT2D eigenvalue weighted by atomic mass is 10.1. The number of hydrogen-bond acceptors (Lipinski definition) is 5. The largest absolute Gasteiger partial charge is 0.465 e. The van der Waals surface area contributed by atoms with Gasteiger partial charge >= 0.3 is 5.97 Å². The van der Waals surface area contributed by atoms with Crippen molar-refractivity contribution in [3.8, 4) is 11.3 Å². The van der Waals surface area contributed by atoms with Crippen LogP contribution in [0, 0.1) is 0 Å². The number of benzene rings is 1. The van der Waals surface area contributed by atoms with Crippen LogP contribution in [0.5, 0.6) is 0 Å². The zero-order valence-corrected chi connectivity index (χ0v) is 16.8. The first-order valence-electron chi connectivity index (χ1n) is 9.86. The molecule has 1 aliphatic heterocycles. The van der Waals surface area contributed by atoms with E-state index in [1.54, 1.807) is 0 Å². The third-order valence-corrected chi connectivity index (χ3v) is 5.81. The number of rotatable bonds is 2. The van der Waals surface area contributed by atoms with Gasteiger partial charge in [-0.05, 0) is 44.9 Å². The summed E-state index contributed by atoms with van der Waals surface area (Å²) in [6.07, 6.45) is 3.46. The van der Waals surface area contributed by atoms with Crippen LogP contribution >= 0.6 is 0 Å². The van der Waals surface area contributed by atoms with Crippen LogP contribution in [0.4, 0.5) is 5.82 Å². The van der Waals surface area contributed by atoms with E-state index in [0.717, 1.165) is 52.6 Å². The molecule has 0 radical (unpaired) electrons. The fourth-order valence-electron chi connectivity index (χ4n) is 4.63. The normalized spacial score (nSPS) is 13.5. The maximum atomic E-state index is 12.0.